The van der Waals surface area contributed by atoms with Crippen LogP contribution < -0.4 is 9.47 Å². The van der Waals surface area contributed by atoms with Crippen molar-refractivity contribution in [2.24, 2.45) is 0 Å². The van der Waals surface area contributed by atoms with Crippen LogP contribution in [0.3, 0.4) is 0 Å². The van der Waals surface area contributed by atoms with E-state index in [-0.39, 0.29) is 17.5 Å². The molecule has 170 valence electrons. The lowest BCUT2D eigenvalue weighted by molar-refractivity contribution is 0.0965. The number of hydrogen-bond donors (Lipinski definition) is 0. The molecule has 0 spiro atoms. The number of Topliss-reactive ketones (excluding diaryl/α,β-unsaturated/α-hetero) is 2. The molecule has 0 N–H and O–H groups in total. The van der Waals surface area contributed by atoms with E-state index in [9.17, 15) is 9.59 Å². The summed E-state index contributed by atoms with van der Waals surface area (Å²) in [4.78, 5) is 24.6. The molecule has 0 aromatic heterocycles. The first-order chi connectivity index (χ1) is 16.4. The normalized spacial score (nSPS) is 11.5. The van der Waals surface area contributed by atoms with Gasteiger partial charge in [-0.15, -0.1) is 0 Å². The molecular weight excluding hydrogens is 424 g/mol. The lowest BCUT2D eigenvalue weighted by Gasteiger charge is -2.14. The second-order valence-corrected chi connectivity index (χ2v) is 8.28. The van der Waals surface area contributed by atoms with Gasteiger partial charge in [-0.1, -0.05) is 36.8 Å². The highest BCUT2D eigenvalue weighted by Crippen LogP contribution is 2.29. The lowest BCUT2D eigenvalue weighted by atomic mass is 9.92. The molecule has 0 fully saturated rings. The molecule has 0 aliphatic carbocycles. The highest BCUT2D eigenvalue weighted by Gasteiger charge is 2.18. The van der Waals surface area contributed by atoms with Crippen molar-refractivity contribution >= 4 is 11.6 Å². The monoisotopic (exact) mass is 450 g/mol. The van der Waals surface area contributed by atoms with Gasteiger partial charge in [-0.25, -0.2) is 0 Å². The number of benzene rings is 4. The third kappa shape index (κ3) is 5.59. The average molecular weight is 451 g/mol. The summed E-state index contributed by atoms with van der Waals surface area (Å²) in [7, 11) is 0. The molecule has 0 amide bonds. The van der Waals surface area contributed by atoms with Crippen LogP contribution in [0.4, 0.5) is 0 Å². The molecule has 0 bridgehead atoms. The van der Waals surface area contributed by atoms with E-state index in [1.807, 2.05) is 74.5 Å². The number of ketones is 2. The van der Waals surface area contributed by atoms with E-state index in [0.29, 0.717) is 28.4 Å². The Kier molecular flexibility index (Phi) is 6.88. The summed E-state index contributed by atoms with van der Waals surface area (Å²) < 4.78 is 11.8. The number of aryl methyl sites for hydroxylation is 1. The Balaban J connectivity index is 1.43. The Labute approximate surface area is 199 Å². The second kappa shape index (κ2) is 10.2. The Morgan fingerprint density at radius 3 is 1.71 bits per heavy atom. The summed E-state index contributed by atoms with van der Waals surface area (Å²) in [6, 6.07) is 29.5. The maximum Gasteiger partial charge on any atom is 0.170 e. The van der Waals surface area contributed by atoms with Gasteiger partial charge in [0.1, 0.15) is 23.0 Å². The van der Waals surface area contributed by atoms with Crippen LogP contribution in [0.2, 0.25) is 0 Å². The molecule has 4 rings (SSSR count). The van der Waals surface area contributed by atoms with Gasteiger partial charge in [0.15, 0.2) is 11.6 Å². The van der Waals surface area contributed by atoms with Gasteiger partial charge in [-0.2, -0.15) is 0 Å². The third-order valence-electron chi connectivity index (χ3n) is 5.64. The molecule has 1 atom stereocenters. The molecule has 34 heavy (non-hydrogen) atoms. The molecule has 0 saturated heterocycles. The smallest absolute Gasteiger partial charge is 0.170 e. The molecule has 4 aromatic carbocycles. The number of carbonyl (C=O) groups is 2. The predicted molar refractivity (Wildman–Crippen MR) is 133 cm³/mol. The largest absolute Gasteiger partial charge is 0.457 e. The topological polar surface area (TPSA) is 52.6 Å². The summed E-state index contributed by atoms with van der Waals surface area (Å²) in [5.74, 6) is 2.39. The number of ether oxygens (including phenoxy) is 2. The van der Waals surface area contributed by atoms with Gasteiger partial charge in [0.05, 0.1) is 0 Å². The number of rotatable bonds is 8. The fourth-order valence-electron chi connectivity index (χ4n) is 3.57. The Hall–Kier alpha value is -4.18. The molecule has 0 radical (unpaired) electrons. The zero-order chi connectivity index (χ0) is 24.1. The first-order valence-electron chi connectivity index (χ1n) is 11.2. The van der Waals surface area contributed by atoms with Crippen LogP contribution in [0.1, 0.15) is 51.6 Å². The summed E-state index contributed by atoms with van der Waals surface area (Å²) in [6.07, 6.45) is 0. The fraction of sp³-hybridized carbons (Fsp3) is 0.133. The summed E-state index contributed by atoms with van der Waals surface area (Å²) in [5, 5.41) is 0. The third-order valence-corrected chi connectivity index (χ3v) is 5.64. The lowest BCUT2D eigenvalue weighted by Crippen LogP contribution is -2.09. The summed E-state index contributed by atoms with van der Waals surface area (Å²) >= 11 is 0. The Bertz CT molecular complexity index is 1290. The van der Waals surface area contributed by atoms with E-state index in [0.717, 1.165) is 11.3 Å². The van der Waals surface area contributed by atoms with Gasteiger partial charge < -0.3 is 9.47 Å². The molecule has 0 heterocycles. The van der Waals surface area contributed by atoms with Crippen LogP contribution in [-0.2, 0) is 0 Å². The average Bonchev–Trinajstić information content (AvgIpc) is 2.85. The highest BCUT2D eigenvalue weighted by molar-refractivity contribution is 6.00. The van der Waals surface area contributed by atoms with Gasteiger partial charge in [0.25, 0.3) is 0 Å². The van der Waals surface area contributed by atoms with E-state index in [2.05, 4.69) is 0 Å². The van der Waals surface area contributed by atoms with E-state index in [4.69, 9.17) is 9.47 Å². The Morgan fingerprint density at radius 1 is 0.647 bits per heavy atom. The van der Waals surface area contributed by atoms with Crippen LogP contribution in [0, 0.1) is 6.92 Å². The van der Waals surface area contributed by atoms with Crippen LogP contribution in [0.25, 0.3) is 0 Å². The van der Waals surface area contributed by atoms with Crippen molar-refractivity contribution in [2.45, 2.75) is 26.7 Å². The second-order valence-electron chi connectivity index (χ2n) is 8.28. The van der Waals surface area contributed by atoms with Gasteiger partial charge in [-0.3, -0.25) is 9.59 Å². The highest BCUT2D eigenvalue weighted by atomic mass is 16.5. The number of hydrogen-bond acceptors (Lipinski definition) is 4. The van der Waals surface area contributed by atoms with E-state index in [1.165, 1.54) is 12.5 Å². The zero-order valence-corrected chi connectivity index (χ0v) is 19.4. The van der Waals surface area contributed by atoms with Crippen molar-refractivity contribution in [1.29, 1.82) is 0 Å². The fourth-order valence-corrected chi connectivity index (χ4v) is 3.57. The first-order valence-corrected chi connectivity index (χ1v) is 11.2. The van der Waals surface area contributed by atoms with Crippen LogP contribution in [0.5, 0.6) is 23.0 Å². The first kappa shape index (κ1) is 23.0. The predicted octanol–water partition coefficient (Wildman–Crippen LogP) is 7.77. The van der Waals surface area contributed by atoms with Crippen LogP contribution in [0.15, 0.2) is 97.1 Å². The summed E-state index contributed by atoms with van der Waals surface area (Å²) in [6.45, 7) is 5.45. The molecule has 0 aliphatic heterocycles. The zero-order valence-electron chi connectivity index (χ0n) is 19.4. The molecule has 1 unspecified atom stereocenters. The van der Waals surface area contributed by atoms with E-state index < -0.39 is 0 Å². The van der Waals surface area contributed by atoms with Gasteiger partial charge >= 0.3 is 0 Å². The van der Waals surface area contributed by atoms with Crippen LogP contribution in [-0.4, -0.2) is 11.6 Å². The van der Waals surface area contributed by atoms with E-state index in [1.54, 1.807) is 36.4 Å². The van der Waals surface area contributed by atoms with Crippen molar-refractivity contribution in [2.75, 3.05) is 0 Å². The number of carbonyl (C=O) groups excluding carboxylic acids is 2. The molecule has 0 saturated carbocycles. The van der Waals surface area contributed by atoms with Crippen molar-refractivity contribution in [3.05, 3.63) is 119 Å². The van der Waals surface area contributed by atoms with Crippen molar-refractivity contribution in [3.63, 3.8) is 0 Å². The molecule has 4 nitrogen and oxygen atoms in total. The molecule has 4 aromatic rings. The summed E-state index contributed by atoms with van der Waals surface area (Å²) in [5.41, 5.74) is 3.29. The van der Waals surface area contributed by atoms with Gasteiger partial charge in [0.2, 0.25) is 0 Å². The quantitative estimate of drug-likeness (QED) is 0.257. The minimum absolute atomic E-state index is 0.00984. The standard InChI is InChI=1S/C30H26O4/c1-20-7-13-26(14-8-20)33-27-17-11-24(12-18-27)30(32)21(2)25-5-4-6-29(19-25)34-28-15-9-23(10-16-28)22(3)31/h4-19,21H,1-3H3. The molecule has 4 heteroatoms. The van der Waals surface area contributed by atoms with E-state index >= 15 is 0 Å². The minimum atomic E-state index is -0.340. The van der Waals surface area contributed by atoms with Gasteiger partial charge in [0, 0.05) is 17.0 Å². The maximum absolute atomic E-state index is 13.1. The molecule has 0 aliphatic rings. The Morgan fingerprint density at radius 2 is 1.15 bits per heavy atom. The van der Waals surface area contributed by atoms with Crippen molar-refractivity contribution in [3.8, 4) is 23.0 Å². The van der Waals surface area contributed by atoms with Gasteiger partial charge in [-0.05, 0) is 92.2 Å². The maximum atomic E-state index is 13.1. The molecular formula is C30H26O4. The van der Waals surface area contributed by atoms with Crippen molar-refractivity contribution in [1.82, 2.24) is 0 Å². The SMILES string of the molecule is CC(=O)c1ccc(Oc2cccc(C(C)C(=O)c3ccc(Oc4ccc(C)cc4)cc3)c2)cc1. The van der Waals surface area contributed by atoms with Crippen molar-refractivity contribution < 1.29 is 19.1 Å². The minimum Gasteiger partial charge on any atom is -0.457 e. The van der Waals surface area contributed by atoms with Crippen LogP contribution >= 0.6 is 0 Å².